The number of aliphatic hydroxyl groups is 1. The van der Waals surface area contributed by atoms with Crippen LogP contribution in [-0.4, -0.2) is 46.8 Å². The van der Waals surface area contributed by atoms with Crippen molar-refractivity contribution in [3.8, 4) is 6.07 Å². The Hall–Kier alpha value is -3.28. The summed E-state index contributed by atoms with van der Waals surface area (Å²) >= 11 is 0. The summed E-state index contributed by atoms with van der Waals surface area (Å²) in [6, 6.07) is 12.5. The van der Waals surface area contributed by atoms with Crippen molar-refractivity contribution in [1.82, 2.24) is 0 Å². The number of rotatable bonds is 4. The van der Waals surface area contributed by atoms with Gasteiger partial charge in [-0.15, -0.1) is 0 Å². The van der Waals surface area contributed by atoms with Gasteiger partial charge in [0.2, 0.25) is 11.8 Å². The van der Waals surface area contributed by atoms with E-state index in [2.05, 4.69) is 6.07 Å². The standard InChI is InChI=1S/C24H22N2O6/c1-13(27)31-10-9-24-11-18(28)23(2,32-24)19-20(24)22(30)26(21(19)29)17-8-7-14(12-25)15-5-3-4-6-16(15)17/h3-8,18-20,28H,9-11H2,1-2H3/t18-,19-,20+,23?,24?/m1/s1. The molecule has 3 fully saturated rings. The molecule has 2 amide bonds. The molecule has 2 unspecified atom stereocenters. The molecule has 3 heterocycles. The Balaban J connectivity index is 1.59. The number of aliphatic hydroxyl groups excluding tert-OH is 1. The molecular formula is C24H22N2O6. The van der Waals surface area contributed by atoms with Gasteiger partial charge in [0.05, 0.1) is 47.5 Å². The maximum absolute atomic E-state index is 13.7. The van der Waals surface area contributed by atoms with Crippen LogP contribution in [0.1, 0.15) is 32.3 Å². The van der Waals surface area contributed by atoms with Gasteiger partial charge in [-0.2, -0.15) is 5.26 Å². The van der Waals surface area contributed by atoms with Crippen LogP contribution in [0.3, 0.4) is 0 Å². The van der Waals surface area contributed by atoms with Gasteiger partial charge in [0.1, 0.15) is 5.60 Å². The lowest BCUT2D eigenvalue weighted by molar-refractivity contribution is -0.144. The number of ether oxygens (including phenoxy) is 2. The third kappa shape index (κ3) is 2.58. The maximum atomic E-state index is 13.7. The number of carbonyl (C=O) groups is 3. The third-order valence-corrected chi connectivity index (χ3v) is 7.21. The first-order valence-corrected chi connectivity index (χ1v) is 10.5. The monoisotopic (exact) mass is 434 g/mol. The van der Waals surface area contributed by atoms with Gasteiger partial charge < -0.3 is 14.6 Å². The first-order valence-electron chi connectivity index (χ1n) is 10.5. The first-order chi connectivity index (χ1) is 15.2. The highest BCUT2D eigenvalue weighted by Crippen LogP contribution is 2.62. The van der Waals surface area contributed by atoms with Gasteiger partial charge in [0, 0.05) is 30.5 Å². The molecule has 8 nitrogen and oxygen atoms in total. The molecular weight excluding hydrogens is 412 g/mol. The lowest BCUT2D eigenvalue weighted by Gasteiger charge is -2.33. The number of benzene rings is 2. The van der Waals surface area contributed by atoms with Gasteiger partial charge in [-0.05, 0) is 19.1 Å². The second kappa shape index (κ2) is 6.86. The Kier molecular flexibility index (Phi) is 4.42. The number of hydrogen-bond donors (Lipinski definition) is 1. The van der Waals surface area contributed by atoms with Crippen molar-refractivity contribution in [2.45, 2.75) is 44.0 Å². The minimum Gasteiger partial charge on any atom is -0.466 e. The molecule has 164 valence electrons. The van der Waals surface area contributed by atoms with Crippen molar-refractivity contribution in [3.63, 3.8) is 0 Å². The summed E-state index contributed by atoms with van der Waals surface area (Å²) in [7, 11) is 0. The fraction of sp³-hybridized carbons (Fsp3) is 0.417. The SMILES string of the molecule is CC(=O)OCCC12C[C@@H](O)C(C)(O1)[C@H]1C(=O)N(c3ccc(C#N)c4ccccc34)C(=O)[C@H]12. The minimum absolute atomic E-state index is 0.0304. The van der Waals surface area contributed by atoms with E-state index in [0.717, 1.165) is 0 Å². The Labute approximate surface area is 184 Å². The number of nitrogens with zero attached hydrogens (tertiary/aromatic N) is 2. The Morgan fingerprint density at radius 3 is 2.59 bits per heavy atom. The van der Waals surface area contributed by atoms with E-state index in [1.54, 1.807) is 43.3 Å². The third-order valence-electron chi connectivity index (χ3n) is 7.21. The minimum atomic E-state index is -1.20. The summed E-state index contributed by atoms with van der Waals surface area (Å²) in [5, 5.41) is 21.5. The Morgan fingerprint density at radius 2 is 1.91 bits per heavy atom. The fourth-order valence-electron chi connectivity index (χ4n) is 5.80. The predicted molar refractivity (Wildman–Crippen MR) is 112 cm³/mol. The molecule has 5 rings (SSSR count). The molecule has 0 aromatic heterocycles. The average Bonchev–Trinajstić information content (AvgIpc) is 3.29. The van der Waals surface area contributed by atoms with E-state index in [4.69, 9.17) is 9.47 Å². The van der Waals surface area contributed by atoms with Crippen molar-refractivity contribution >= 4 is 34.2 Å². The van der Waals surface area contributed by atoms with Crippen LogP contribution in [0, 0.1) is 23.2 Å². The van der Waals surface area contributed by atoms with E-state index in [9.17, 15) is 24.8 Å². The van der Waals surface area contributed by atoms with Gasteiger partial charge in [-0.25, -0.2) is 4.90 Å². The number of hydrogen-bond acceptors (Lipinski definition) is 7. The van der Waals surface area contributed by atoms with Crippen molar-refractivity contribution in [3.05, 3.63) is 42.0 Å². The number of nitriles is 1. The normalized spacial score (nSPS) is 32.9. The quantitative estimate of drug-likeness (QED) is 0.578. The number of imide groups is 1. The van der Waals surface area contributed by atoms with E-state index >= 15 is 0 Å². The zero-order valence-corrected chi connectivity index (χ0v) is 17.7. The smallest absolute Gasteiger partial charge is 0.302 e. The van der Waals surface area contributed by atoms with Crippen LogP contribution >= 0.6 is 0 Å². The molecule has 3 aliphatic heterocycles. The molecule has 3 aliphatic rings. The van der Waals surface area contributed by atoms with Crippen LogP contribution in [0.5, 0.6) is 0 Å². The number of amides is 2. The predicted octanol–water partition coefficient (Wildman–Crippen LogP) is 2.06. The van der Waals surface area contributed by atoms with E-state index in [0.29, 0.717) is 22.0 Å². The number of esters is 1. The van der Waals surface area contributed by atoms with E-state index < -0.39 is 46.9 Å². The van der Waals surface area contributed by atoms with Crippen LogP contribution < -0.4 is 4.90 Å². The van der Waals surface area contributed by atoms with E-state index in [1.807, 2.05) is 0 Å². The molecule has 0 radical (unpaired) electrons. The first kappa shape index (κ1) is 20.6. The molecule has 32 heavy (non-hydrogen) atoms. The van der Waals surface area contributed by atoms with Gasteiger partial charge in [-0.3, -0.25) is 14.4 Å². The molecule has 0 saturated carbocycles. The van der Waals surface area contributed by atoms with Crippen molar-refractivity contribution < 1.29 is 29.0 Å². The van der Waals surface area contributed by atoms with Crippen molar-refractivity contribution in [2.24, 2.45) is 11.8 Å². The molecule has 5 atom stereocenters. The van der Waals surface area contributed by atoms with Crippen molar-refractivity contribution in [1.29, 1.82) is 5.26 Å². The maximum Gasteiger partial charge on any atom is 0.302 e. The molecule has 0 spiro atoms. The zero-order valence-electron chi connectivity index (χ0n) is 17.7. The summed E-state index contributed by atoms with van der Waals surface area (Å²) in [4.78, 5) is 39.8. The van der Waals surface area contributed by atoms with E-state index in [1.165, 1.54) is 11.8 Å². The van der Waals surface area contributed by atoms with Gasteiger partial charge >= 0.3 is 5.97 Å². The lowest BCUT2D eigenvalue weighted by Crippen LogP contribution is -2.49. The summed E-state index contributed by atoms with van der Waals surface area (Å²) in [6.45, 7) is 3.00. The molecule has 2 aromatic rings. The lowest BCUT2D eigenvalue weighted by atomic mass is 9.66. The van der Waals surface area contributed by atoms with E-state index in [-0.39, 0.29) is 19.4 Å². The van der Waals surface area contributed by atoms with Crippen LogP contribution in [0.2, 0.25) is 0 Å². The molecule has 8 heteroatoms. The summed E-state index contributed by atoms with van der Waals surface area (Å²) in [5.74, 6) is -2.89. The second-order valence-electron chi connectivity index (χ2n) is 8.92. The van der Waals surface area contributed by atoms with Crippen LogP contribution in [0.25, 0.3) is 10.8 Å². The summed E-state index contributed by atoms with van der Waals surface area (Å²) < 4.78 is 11.3. The highest BCUT2D eigenvalue weighted by molar-refractivity contribution is 6.26. The molecule has 2 bridgehead atoms. The summed E-state index contributed by atoms with van der Waals surface area (Å²) in [6.07, 6.45) is -0.524. The van der Waals surface area contributed by atoms with Crippen LogP contribution in [0.4, 0.5) is 5.69 Å². The van der Waals surface area contributed by atoms with Gasteiger partial charge in [-0.1, -0.05) is 24.3 Å². The van der Waals surface area contributed by atoms with Crippen molar-refractivity contribution in [2.75, 3.05) is 11.5 Å². The Bertz CT molecular complexity index is 1220. The fourth-order valence-corrected chi connectivity index (χ4v) is 5.80. The van der Waals surface area contributed by atoms with Gasteiger partial charge in [0.15, 0.2) is 0 Å². The highest BCUT2D eigenvalue weighted by atomic mass is 16.6. The number of carbonyl (C=O) groups excluding carboxylic acids is 3. The highest BCUT2D eigenvalue weighted by Gasteiger charge is 2.77. The largest absolute Gasteiger partial charge is 0.466 e. The molecule has 3 saturated heterocycles. The number of anilines is 1. The summed E-state index contributed by atoms with van der Waals surface area (Å²) in [5.41, 5.74) is -1.42. The molecule has 0 aliphatic carbocycles. The zero-order chi connectivity index (χ0) is 22.8. The average molecular weight is 434 g/mol. The van der Waals surface area contributed by atoms with Crippen LogP contribution in [-0.2, 0) is 23.9 Å². The van der Waals surface area contributed by atoms with Crippen LogP contribution in [0.15, 0.2) is 36.4 Å². The van der Waals surface area contributed by atoms with Gasteiger partial charge in [0.25, 0.3) is 0 Å². The number of fused-ring (bicyclic) bond motifs is 6. The second-order valence-corrected chi connectivity index (χ2v) is 8.92. The molecule has 1 N–H and O–H groups in total. The Morgan fingerprint density at radius 1 is 1.22 bits per heavy atom. The topological polar surface area (TPSA) is 117 Å². The molecule has 2 aromatic carbocycles.